The van der Waals surface area contributed by atoms with Crippen molar-refractivity contribution in [2.75, 3.05) is 5.73 Å². The maximum atomic E-state index is 14.3. The molecule has 5 aromatic rings. The third-order valence-electron chi connectivity index (χ3n) is 6.87. The molecule has 198 valence electrons. The van der Waals surface area contributed by atoms with E-state index in [4.69, 9.17) is 15.2 Å². The van der Waals surface area contributed by atoms with Gasteiger partial charge in [-0.15, -0.1) is 0 Å². The highest BCUT2D eigenvalue weighted by Gasteiger charge is 2.40. The summed E-state index contributed by atoms with van der Waals surface area (Å²) in [5, 5.41) is 11.0. The van der Waals surface area contributed by atoms with E-state index in [9.17, 15) is 9.50 Å². The van der Waals surface area contributed by atoms with Crippen LogP contribution in [0, 0.1) is 12.7 Å². The summed E-state index contributed by atoms with van der Waals surface area (Å²) >= 11 is 0. The summed E-state index contributed by atoms with van der Waals surface area (Å²) in [5.41, 5.74) is 8.90. The number of aliphatic hydroxyl groups is 1. The fraction of sp³-hybridized carbons (Fsp3) is 0.241. The minimum atomic E-state index is -0.671. The molecule has 9 nitrogen and oxygen atoms in total. The van der Waals surface area contributed by atoms with Gasteiger partial charge >= 0.3 is 0 Å². The number of ether oxygens (including phenoxy) is 2. The van der Waals surface area contributed by atoms with Crippen molar-refractivity contribution in [3.63, 3.8) is 0 Å². The molecule has 6 rings (SSSR count). The van der Waals surface area contributed by atoms with Crippen molar-refractivity contribution in [2.24, 2.45) is 0 Å². The van der Waals surface area contributed by atoms with Gasteiger partial charge in [-0.25, -0.2) is 24.3 Å². The van der Waals surface area contributed by atoms with Gasteiger partial charge < -0.3 is 24.9 Å². The van der Waals surface area contributed by atoms with Crippen LogP contribution in [0.3, 0.4) is 0 Å². The van der Waals surface area contributed by atoms with Crippen LogP contribution in [-0.2, 0) is 6.61 Å². The standard InChI is InChI=1S/C29H27FN6O3/c1-17-32-12-18(13-33-17)15-38-23-7-20(30)8-24(9-23)39-22-5-3-19(4-6-22)25-14-36(21-10-29(2,37)11-21)28-26(25)27(31)34-16-35-28/h3-9,12-14,16,21,37H,10-11,15H2,1-2H3,(H2,31,34,35). The van der Waals surface area contributed by atoms with Gasteiger partial charge in [-0.1, -0.05) is 12.1 Å². The van der Waals surface area contributed by atoms with Crippen molar-refractivity contribution in [3.05, 3.63) is 84.6 Å². The molecule has 39 heavy (non-hydrogen) atoms. The summed E-state index contributed by atoms with van der Waals surface area (Å²) in [4.78, 5) is 17.0. The van der Waals surface area contributed by atoms with Crippen LogP contribution in [0.2, 0.25) is 0 Å². The van der Waals surface area contributed by atoms with Crippen LogP contribution < -0.4 is 15.2 Å². The molecule has 0 unspecified atom stereocenters. The Morgan fingerprint density at radius 2 is 1.74 bits per heavy atom. The van der Waals surface area contributed by atoms with E-state index in [-0.39, 0.29) is 12.6 Å². The summed E-state index contributed by atoms with van der Waals surface area (Å²) in [6, 6.07) is 11.8. The predicted molar refractivity (Wildman–Crippen MR) is 144 cm³/mol. The van der Waals surface area contributed by atoms with Crippen molar-refractivity contribution in [1.29, 1.82) is 0 Å². The molecule has 0 amide bonds. The van der Waals surface area contributed by atoms with Crippen LogP contribution in [0.25, 0.3) is 22.2 Å². The van der Waals surface area contributed by atoms with Gasteiger partial charge in [0.1, 0.15) is 53.3 Å². The topological polar surface area (TPSA) is 121 Å². The third-order valence-corrected chi connectivity index (χ3v) is 6.87. The van der Waals surface area contributed by atoms with Crippen LogP contribution in [0.4, 0.5) is 10.2 Å². The van der Waals surface area contributed by atoms with Crippen LogP contribution in [0.15, 0.2) is 67.4 Å². The van der Waals surface area contributed by atoms with Crippen molar-refractivity contribution in [2.45, 2.75) is 44.9 Å². The summed E-state index contributed by atoms with van der Waals surface area (Å²) in [6.45, 7) is 3.85. The molecule has 0 atom stereocenters. The minimum Gasteiger partial charge on any atom is -0.489 e. The van der Waals surface area contributed by atoms with Gasteiger partial charge in [0.2, 0.25) is 0 Å². The van der Waals surface area contributed by atoms with Gasteiger partial charge in [0.05, 0.1) is 11.0 Å². The minimum absolute atomic E-state index is 0.135. The molecular formula is C29H27FN6O3. The molecule has 3 heterocycles. The number of nitrogens with two attached hydrogens (primary N) is 1. The number of nitrogen functional groups attached to an aromatic ring is 1. The number of hydrogen-bond donors (Lipinski definition) is 2. The molecule has 1 aliphatic rings. The second kappa shape index (κ2) is 9.63. The van der Waals surface area contributed by atoms with Crippen molar-refractivity contribution in [3.8, 4) is 28.4 Å². The zero-order valence-electron chi connectivity index (χ0n) is 21.5. The first-order valence-electron chi connectivity index (χ1n) is 12.6. The number of aromatic nitrogens is 5. The van der Waals surface area contributed by atoms with E-state index in [0.717, 1.165) is 27.7 Å². The Balaban J connectivity index is 1.22. The number of anilines is 1. The van der Waals surface area contributed by atoms with E-state index in [0.29, 0.717) is 41.7 Å². The molecule has 0 saturated heterocycles. The highest BCUT2D eigenvalue weighted by Crippen LogP contribution is 2.45. The smallest absolute Gasteiger partial charge is 0.146 e. The van der Waals surface area contributed by atoms with Gasteiger partial charge in [-0.2, -0.15) is 0 Å². The van der Waals surface area contributed by atoms with Gasteiger partial charge in [0.15, 0.2) is 0 Å². The summed E-state index contributed by atoms with van der Waals surface area (Å²) in [5.74, 6) is 1.76. The Bertz CT molecular complexity index is 1640. The molecule has 1 aliphatic carbocycles. The number of nitrogens with zero attached hydrogens (tertiary/aromatic N) is 5. The fourth-order valence-corrected chi connectivity index (χ4v) is 4.94. The molecule has 2 aromatic carbocycles. The van der Waals surface area contributed by atoms with E-state index in [1.54, 1.807) is 25.4 Å². The van der Waals surface area contributed by atoms with Crippen LogP contribution in [-0.4, -0.2) is 35.2 Å². The average Bonchev–Trinajstić information content (AvgIpc) is 3.28. The Labute approximate surface area is 224 Å². The number of benzene rings is 2. The molecule has 0 spiro atoms. The Hall–Kier alpha value is -4.57. The van der Waals surface area contributed by atoms with Gasteiger partial charge in [0, 0.05) is 54.0 Å². The van der Waals surface area contributed by atoms with Crippen molar-refractivity contribution in [1.82, 2.24) is 24.5 Å². The molecule has 0 aliphatic heterocycles. The molecular weight excluding hydrogens is 499 g/mol. The summed E-state index contributed by atoms with van der Waals surface area (Å²) < 4.78 is 28.0. The maximum absolute atomic E-state index is 14.3. The quantitative estimate of drug-likeness (QED) is 0.290. The summed E-state index contributed by atoms with van der Waals surface area (Å²) in [7, 11) is 0. The first kappa shape index (κ1) is 24.7. The van der Waals surface area contributed by atoms with E-state index in [1.165, 1.54) is 18.5 Å². The number of hydrogen-bond acceptors (Lipinski definition) is 8. The van der Waals surface area contributed by atoms with Crippen LogP contribution in [0.1, 0.15) is 37.2 Å². The van der Waals surface area contributed by atoms with E-state index >= 15 is 0 Å². The molecule has 0 bridgehead atoms. The molecule has 3 aromatic heterocycles. The van der Waals surface area contributed by atoms with Crippen molar-refractivity contribution < 1.29 is 19.0 Å². The lowest BCUT2D eigenvalue weighted by Crippen LogP contribution is -2.41. The third kappa shape index (κ3) is 5.10. The van der Waals surface area contributed by atoms with Gasteiger partial charge in [0.25, 0.3) is 0 Å². The van der Waals surface area contributed by atoms with E-state index in [1.807, 2.05) is 37.4 Å². The lowest BCUT2D eigenvalue weighted by molar-refractivity contribution is -0.0498. The monoisotopic (exact) mass is 526 g/mol. The predicted octanol–water partition coefficient (Wildman–Crippen LogP) is 5.38. The van der Waals surface area contributed by atoms with Gasteiger partial charge in [-0.3, -0.25) is 0 Å². The largest absolute Gasteiger partial charge is 0.489 e. The van der Waals surface area contributed by atoms with E-state index in [2.05, 4.69) is 24.5 Å². The first-order chi connectivity index (χ1) is 18.7. The molecule has 1 fully saturated rings. The van der Waals surface area contributed by atoms with Crippen LogP contribution >= 0.6 is 0 Å². The second-order valence-electron chi connectivity index (χ2n) is 10.1. The number of halogens is 1. The average molecular weight is 527 g/mol. The first-order valence-corrected chi connectivity index (χ1v) is 12.6. The molecule has 10 heteroatoms. The zero-order valence-corrected chi connectivity index (χ0v) is 21.5. The number of fused-ring (bicyclic) bond motifs is 1. The van der Waals surface area contributed by atoms with E-state index < -0.39 is 11.4 Å². The van der Waals surface area contributed by atoms with Gasteiger partial charge in [-0.05, 0) is 44.4 Å². The number of rotatable bonds is 7. The van der Waals surface area contributed by atoms with Crippen molar-refractivity contribution >= 4 is 16.9 Å². The summed E-state index contributed by atoms with van der Waals surface area (Å²) in [6.07, 6.45) is 8.11. The Morgan fingerprint density at radius 1 is 1.03 bits per heavy atom. The van der Waals surface area contributed by atoms with Crippen LogP contribution in [0.5, 0.6) is 17.2 Å². The molecule has 0 radical (unpaired) electrons. The Kier molecular flexibility index (Phi) is 6.11. The lowest BCUT2D eigenvalue weighted by atomic mass is 9.77. The maximum Gasteiger partial charge on any atom is 0.146 e. The lowest BCUT2D eigenvalue weighted by Gasteiger charge is -2.41. The molecule has 1 saturated carbocycles. The highest BCUT2D eigenvalue weighted by atomic mass is 19.1. The SMILES string of the molecule is Cc1ncc(COc2cc(F)cc(Oc3ccc(-c4cn(C5CC(C)(O)C5)c5ncnc(N)c45)cc3)c2)cn1. The normalized spacial score (nSPS) is 18.6. The zero-order chi connectivity index (χ0) is 27.1. The second-order valence-corrected chi connectivity index (χ2v) is 10.1. The highest BCUT2D eigenvalue weighted by molar-refractivity contribution is 6.00. The fourth-order valence-electron chi connectivity index (χ4n) is 4.94. The Morgan fingerprint density at radius 3 is 2.46 bits per heavy atom. The molecule has 3 N–H and O–H groups in total. The number of aryl methyl sites for hydroxylation is 1.